The summed E-state index contributed by atoms with van der Waals surface area (Å²) >= 11 is 4.65. The Labute approximate surface area is 184 Å². The predicted molar refractivity (Wildman–Crippen MR) is 113 cm³/mol. The lowest BCUT2D eigenvalue weighted by molar-refractivity contribution is -0.141. The number of carboxylic acid groups (broad SMARTS) is 1. The summed E-state index contributed by atoms with van der Waals surface area (Å²) < 4.78 is 33.9. The van der Waals surface area contributed by atoms with Crippen LogP contribution in [0.4, 0.5) is 4.39 Å². The number of carbonyl (C=O) groups is 1. The van der Waals surface area contributed by atoms with Gasteiger partial charge in [0, 0.05) is 17.5 Å². The van der Waals surface area contributed by atoms with E-state index in [-0.39, 0.29) is 15.3 Å². The number of aliphatic carboxylic acids is 1. The van der Waals surface area contributed by atoms with E-state index in [4.69, 9.17) is 16.3 Å². The molecule has 0 spiro atoms. The second-order valence-corrected chi connectivity index (χ2v) is 12.2. The Balaban J connectivity index is 1.31. The molecule has 0 radical (unpaired) electrons. The highest BCUT2D eigenvalue weighted by Crippen LogP contribution is 2.60. The van der Waals surface area contributed by atoms with E-state index < -0.39 is 34.1 Å². The van der Waals surface area contributed by atoms with Crippen molar-refractivity contribution in [1.29, 1.82) is 0 Å². The largest absolute Gasteiger partial charge is 0.611 e. The lowest BCUT2D eigenvalue weighted by Crippen LogP contribution is -2.48. The van der Waals surface area contributed by atoms with Crippen molar-refractivity contribution in [3.05, 3.63) is 23.0 Å². The molecule has 7 heteroatoms. The van der Waals surface area contributed by atoms with Crippen LogP contribution in [-0.2, 0) is 16.0 Å². The first-order valence-electron chi connectivity index (χ1n) is 11.1. The summed E-state index contributed by atoms with van der Waals surface area (Å²) in [5, 5.41) is 9.03. The fraction of sp³-hybridized carbons (Fsp3) is 0.696. The molecule has 30 heavy (non-hydrogen) atoms. The molecule has 1 aromatic rings. The molecular formula is C23H28ClFO4S. The van der Waals surface area contributed by atoms with Crippen molar-refractivity contribution in [3.63, 3.8) is 0 Å². The zero-order chi connectivity index (χ0) is 21.0. The topological polar surface area (TPSA) is 69.6 Å². The van der Waals surface area contributed by atoms with Crippen LogP contribution in [0.3, 0.4) is 0 Å². The predicted octanol–water partition coefficient (Wildman–Crippen LogP) is 5.44. The third kappa shape index (κ3) is 3.73. The Morgan fingerprint density at radius 2 is 1.83 bits per heavy atom. The highest BCUT2D eigenvalue weighted by Gasteiger charge is 2.51. The first-order valence-corrected chi connectivity index (χ1v) is 12.7. The molecule has 5 aliphatic rings. The normalized spacial score (nSPS) is 38.0. The molecule has 3 atom stereocenters. The number of hydrogen-bond donors (Lipinski definition) is 1. The van der Waals surface area contributed by atoms with Crippen LogP contribution in [0.15, 0.2) is 17.0 Å². The van der Waals surface area contributed by atoms with E-state index in [1.807, 2.05) is 0 Å². The van der Waals surface area contributed by atoms with Gasteiger partial charge < -0.3 is 14.4 Å². The summed E-state index contributed by atoms with van der Waals surface area (Å²) in [6.07, 6.45) is 9.33. The molecular weight excluding hydrogens is 427 g/mol. The van der Waals surface area contributed by atoms with E-state index in [0.29, 0.717) is 31.6 Å². The number of carboxylic acids is 1. The van der Waals surface area contributed by atoms with Gasteiger partial charge in [0.05, 0.1) is 11.6 Å². The summed E-state index contributed by atoms with van der Waals surface area (Å²) in [4.78, 5) is 11.4. The van der Waals surface area contributed by atoms with Crippen molar-refractivity contribution in [3.8, 4) is 5.75 Å². The Kier molecular flexibility index (Phi) is 5.47. The fourth-order valence-corrected chi connectivity index (χ4v) is 9.13. The molecule has 0 amide bonds. The first kappa shape index (κ1) is 20.9. The maximum atomic E-state index is 14.9. The van der Waals surface area contributed by atoms with Crippen LogP contribution < -0.4 is 4.74 Å². The third-order valence-electron chi connectivity index (χ3n) is 7.95. The monoisotopic (exact) mass is 454 g/mol. The van der Waals surface area contributed by atoms with Crippen LogP contribution in [0.1, 0.15) is 57.8 Å². The van der Waals surface area contributed by atoms with Crippen molar-refractivity contribution in [2.24, 2.45) is 29.1 Å². The van der Waals surface area contributed by atoms with Crippen LogP contribution in [0, 0.1) is 34.9 Å². The molecule has 0 heterocycles. The lowest BCUT2D eigenvalue weighted by Gasteiger charge is -2.56. The summed E-state index contributed by atoms with van der Waals surface area (Å²) in [7, 11) is 0. The Morgan fingerprint density at radius 3 is 2.43 bits per heavy atom. The zero-order valence-electron chi connectivity index (χ0n) is 16.9. The highest BCUT2D eigenvalue weighted by molar-refractivity contribution is 7.92. The number of rotatable bonds is 6. The minimum atomic E-state index is -1.75. The van der Waals surface area contributed by atoms with Gasteiger partial charge in [0.2, 0.25) is 0 Å². The van der Waals surface area contributed by atoms with Gasteiger partial charge in [0.25, 0.3) is 0 Å². The van der Waals surface area contributed by atoms with E-state index >= 15 is 0 Å². The molecule has 3 unspecified atom stereocenters. The molecule has 5 aliphatic carbocycles. The maximum Gasteiger partial charge on any atom is 0.311 e. The second-order valence-electron chi connectivity index (χ2n) is 10.1. The van der Waals surface area contributed by atoms with Gasteiger partial charge in [-0.05, 0) is 86.7 Å². The van der Waals surface area contributed by atoms with Crippen LogP contribution >= 0.6 is 11.6 Å². The molecule has 0 saturated heterocycles. The minimum Gasteiger partial charge on any atom is -0.611 e. The maximum absolute atomic E-state index is 14.9. The van der Waals surface area contributed by atoms with E-state index in [1.54, 1.807) is 0 Å². The Hall–Kier alpha value is -0.980. The van der Waals surface area contributed by atoms with Gasteiger partial charge in [0.1, 0.15) is 16.9 Å². The van der Waals surface area contributed by atoms with Crippen molar-refractivity contribution in [1.82, 2.24) is 0 Å². The summed E-state index contributed by atoms with van der Waals surface area (Å²) in [6, 6.07) is 2.61. The van der Waals surface area contributed by atoms with Gasteiger partial charge in [0.15, 0.2) is 10.7 Å². The summed E-state index contributed by atoms with van der Waals surface area (Å²) in [6.45, 7) is 0.557. The minimum absolute atomic E-state index is 0.0136. The quantitative estimate of drug-likeness (QED) is 0.581. The molecule has 0 aliphatic heterocycles. The smallest absolute Gasteiger partial charge is 0.311 e. The van der Waals surface area contributed by atoms with Crippen LogP contribution in [0.2, 0.25) is 5.02 Å². The standard InChI is InChI=1S/C23H28ClFO4S/c24-17-7-21(30(28)20-3-1-2-16(20)22(26)27)18(25)8-19(17)29-12-23-9-13-4-14(10-23)6-15(5-13)11-23/h7-8,13-16,20H,1-6,9-12H2,(H,26,27). The Bertz CT molecular complexity index is 811. The van der Waals surface area contributed by atoms with E-state index in [9.17, 15) is 18.8 Å². The zero-order valence-corrected chi connectivity index (χ0v) is 18.5. The third-order valence-corrected chi connectivity index (χ3v) is 10.1. The fourth-order valence-electron chi connectivity index (χ4n) is 7.10. The molecule has 5 saturated carbocycles. The van der Waals surface area contributed by atoms with Gasteiger partial charge in [-0.15, -0.1) is 0 Å². The van der Waals surface area contributed by atoms with Crippen LogP contribution in [0.5, 0.6) is 5.75 Å². The SMILES string of the molecule is O=C(O)C1CCCC1[S+]([O-])c1cc(Cl)c(OCC23CC4CC(CC(C4)C2)C3)cc1F. The van der Waals surface area contributed by atoms with Crippen LogP contribution in [0.25, 0.3) is 0 Å². The van der Waals surface area contributed by atoms with Gasteiger partial charge in [-0.3, -0.25) is 4.79 Å². The Morgan fingerprint density at radius 1 is 1.20 bits per heavy atom. The summed E-state index contributed by atoms with van der Waals surface area (Å²) in [5.41, 5.74) is 0.189. The van der Waals surface area contributed by atoms with Gasteiger partial charge in [-0.2, -0.15) is 0 Å². The molecule has 5 fully saturated rings. The molecule has 4 nitrogen and oxygen atoms in total. The van der Waals surface area contributed by atoms with Gasteiger partial charge in [-0.1, -0.05) is 11.6 Å². The molecule has 1 aromatic carbocycles. The van der Waals surface area contributed by atoms with E-state index in [2.05, 4.69) is 0 Å². The van der Waals surface area contributed by atoms with Crippen LogP contribution in [-0.4, -0.2) is 27.5 Å². The summed E-state index contributed by atoms with van der Waals surface area (Å²) in [5.74, 6) is 0.436. The highest BCUT2D eigenvalue weighted by atomic mass is 35.5. The average Bonchev–Trinajstić information content (AvgIpc) is 3.17. The molecule has 0 aromatic heterocycles. The van der Waals surface area contributed by atoms with Crippen molar-refractivity contribution < 1.29 is 23.6 Å². The second kappa shape index (κ2) is 7.86. The lowest BCUT2D eigenvalue weighted by atomic mass is 9.50. The van der Waals surface area contributed by atoms with E-state index in [1.165, 1.54) is 50.7 Å². The van der Waals surface area contributed by atoms with Gasteiger partial charge in [-0.25, -0.2) is 4.39 Å². The number of halogens is 2. The van der Waals surface area contributed by atoms with Crippen molar-refractivity contribution in [2.75, 3.05) is 6.61 Å². The number of ether oxygens (including phenoxy) is 1. The van der Waals surface area contributed by atoms with Gasteiger partial charge >= 0.3 is 5.97 Å². The first-order chi connectivity index (χ1) is 14.3. The molecule has 1 N–H and O–H groups in total. The number of benzene rings is 1. The van der Waals surface area contributed by atoms with Crippen molar-refractivity contribution in [2.45, 2.75) is 67.9 Å². The van der Waals surface area contributed by atoms with E-state index in [0.717, 1.165) is 17.8 Å². The molecule has 6 rings (SSSR count). The number of hydrogen-bond acceptors (Lipinski definition) is 3. The molecule has 4 bridgehead atoms. The average molecular weight is 455 g/mol. The molecule has 164 valence electrons. The van der Waals surface area contributed by atoms with Crippen molar-refractivity contribution >= 4 is 28.7 Å².